The van der Waals surface area contributed by atoms with Crippen LogP contribution in [0.25, 0.3) is 0 Å². The molecule has 0 rings (SSSR count). The predicted octanol–water partition coefficient (Wildman–Crippen LogP) is 1.23. The van der Waals surface area contributed by atoms with Crippen molar-refractivity contribution in [1.29, 1.82) is 0 Å². The molecule has 19 heavy (non-hydrogen) atoms. The second-order valence-electron chi connectivity index (χ2n) is 5.56. The van der Waals surface area contributed by atoms with E-state index in [1.54, 1.807) is 0 Å². The average Bonchev–Trinajstić information content (AvgIpc) is 2.34. The second-order valence-corrected chi connectivity index (χ2v) is 5.56. The Labute approximate surface area is 118 Å². The second kappa shape index (κ2) is 9.28. The third kappa shape index (κ3) is 6.89. The number of hydrogen-bond acceptors (Lipinski definition) is 4. The van der Waals surface area contributed by atoms with Crippen molar-refractivity contribution >= 4 is 5.91 Å². The van der Waals surface area contributed by atoms with Crippen LogP contribution in [0.15, 0.2) is 0 Å². The molecule has 1 N–H and O–H groups in total. The molecule has 0 saturated carbocycles. The lowest BCUT2D eigenvalue weighted by molar-refractivity contribution is -0.128. The molecule has 114 valence electrons. The van der Waals surface area contributed by atoms with Gasteiger partial charge in [0.05, 0.1) is 6.17 Å². The first-order valence-electron chi connectivity index (χ1n) is 7.22. The van der Waals surface area contributed by atoms with Gasteiger partial charge in [0.25, 0.3) is 0 Å². The van der Waals surface area contributed by atoms with Crippen molar-refractivity contribution in [3.8, 4) is 0 Å². The Bertz CT molecular complexity index is 256. The number of carbonyl (C=O) groups is 1. The predicted molar refractivity (Wildman–Crippen MR) is 80.6 cm³/mol. The van der Waals surface area contributed by atoms with E-state index in [1.165, 1.54) is 0 Å². The van der Waals surface area contributed by atoms with E-state index >= 15 is 0 Å². The van der Waals surface area contributed by atoms with Crippen LogP contribution in [0.3, 0.4) is 0 Å². The van der Waals surface area contributed by atoms with Crippen molar-refractivity contribution < 1.29 is 4.79 Å². The monoisotopic (exact) mass is 272 g/mol. The smallest absolute Gasteiger partial charge is 0.225 e. The van der Waals surface area contributed by atoms with E-state index in [0.29, 0.717) is 0 Å². The number of nitrogens with one attached hydrogen (secondary N) is 1. The van der Waals surface area contributed by atoms with Crippen molar-refractivity contribution in [2.45, 2.75) is 39.8 Å². The molecule has 0 heterocycles. The molecule has 0 saturated heterocycles. The lowest BCUT2D eigenvalue weighted by Gasteiger charge is -2.32. The minimum atomic E-state index is -0.0112. The Kier molecular flexibility index (Phi) is 8.97. The zero-order valence-electron chi connectivity index (χ0n) is 13.7. The molecule has 5 nitrogen and oxygen atoms in total. The molecular formula is C14H32N4O. The number of carbonyl (C=O) groups excluding carboxylic acids is 1. The highest BCUT2D eigenvalue weighted by Gasteiger charge is 2.20. The average molecular weight is 272 g/mol. The largest absolute Gasteiger partial charge is 0.340 e. The maximum absolute atomic E-state index is 12.2. The molecule has 0 spiro atoms. The highest BCUT2D eigenvalue weighted by atomic mass is 16.2. The van der Waals surface area contributed by atoms with Crippen LogP contribution >= 0.6 is 0 Å². The summed E-state index contributed by atoms with van der Waals surface area (Å²) in [7, 11) is 8.02. The van der Waals surface area contributed by atoms with Crippen LogP contribution in [0.4, 0.5) is 0 Å². The van der Waals surface area contributed by atoms with E-state index in [-0.39, 0.29) is 18.0 Å². The molecule has 0 aromatic carbocycles. The van der Waals surface area contributed by atoms with Crippen molar-refractivity contribution in [2.75, 3.05) is 41.3 Å². The highest BCUT2D eigenvalue weighted by Crippen LogP contribution is 2.05. The molecule has 0 fully saturated rings. The van der Waals surface area contributed by atoms with Gasteiger partial charge in [0.15, 0.2) is 0 Å². The number of hydrogen-bond donors (Lipinski definition) is 1. The number of nitrogens with zero attached hydrogens (tertiary/aromatic N) is 3. The lowest BCUT2D eigenvalue weighted by Crippen LogP contribution is -2.49. The molecule has 0 radical (unpaired) electrons. The Morgan fingerprint density at radius 3 is 2.11 bits per heavy atom. The third-order valence-corrected chi connectivity index (χ3v) is 3.30. The number of rotatable bonds is 9. The van der Waals surface area contributed by atoms with Crippen LogP contribution in [0, 0.1) is 5.92 Å². The number of amides is 1. The topological polar surface area (TPSA) is 38.8 Å². The lowest BCUT2D eigenvalue weighted by atomic mass is 10.1. The van der Waals surface area contributed by atoms with Crippen LogP contribution < -0.4 is 5.32 Å². The Morgan fingerprint density at radius 1 is 1.16 bits per heavy atom. The van der Waals surface area contributed by atoms with Crippen molar-refractivity contribution in [2.24, 2.45) is 5.92 Å². The van der Waals surface area contributed by atoms with Crippen molar-refractivity contribution in [3.63, 3.8) is 0 Å². The summed E-state index contributed by atoms with van der Waals surface area (Å²) in [6.45, 7) is 7.97. The van der Waals surface area contributed by atoms with Gasteiger partial charge in [0.2, 0.25) is 5.91 Å². The summed E-state index contributed by atoms with van der Waals surface area (Å²) in [5.74, 6) is 0.117. The molecule has 5 heteroatoms. The first-order valence-corrected chi connectivity index (χ1v) is 7.22. The molecule has 0 aliphatic carbocycles. The first-order chi connectivity index (χ1) is 8.83. The molecule has 1 amide bonds. The van der Waals surface area contributed by atoms with E-state index in [1.807, 2.05) is 40.0 Å². The Hall–Kier alpha value is -0.650. The van der Waals surface area contributed by atoms with Crippen LogP contribution in [0.5, 0.6) is 0 Å². The summed E-state index contributed by atoms with van der Waals surface area (Å²) >= 11 is 0. The normalized spacial score (nSPS) is 15.1. The summed E-state index contributed by atoms with van der Waals surface area (Å²) in [5, 5.41) is 7.37. The van der Waals surface area contributed by atoms with Gasteiger partial charge in [0, 0.05) is 33.1 Å². The van der Waals surface area contributed by atoms with E-state index in [2.05, 4.69) is 29.2 Å². The molecule has 0 aromatic rings. The fourth-order valence-corrected chi connectivity index (χ4v) is 2.01. The fraction of sp³-hybridized carbons (Fsp3) is 0.929. The van der Waals surface area contributed by atoms with Crippen molar-refractivity contribution in [3.05, 3.63) is 0 Å². The third-order valence-electron chi connectivity index (χ3n) is 3.30. The number of hydrazine groups is 1. The molecule has 0 aliphatic rings. The summed E-state index contributed by atoms with van der Waals surface area (Å²) in [4.78, 5) is 14.2. The van der Waals surface area contributed by atoms with E-state index in [4.69, 9.17) is 0 Å². The highest BCUT2D eigenvalue weighted by molar-refractivity contribution is 5.78. The SMILES string of the molecule is CCCN(CC(C)C(=O)NC(CC)N(C)C)N(C)C. The minimum Gasteiger partial charge on any atom is -0.340 e. The van der Waals surface area contributed by atoms with Crippen molar-refractivity contribution in [1.82, 2.24) is 20.2 Å². The van der Waals surface area contributed by atoms with Gasteiger partial charge in [-0.3, -0.25) is 9.69 Å². The minimum absolute atomic E-state index is 0.0112. The Morgan fingerprint density at radius 2 is 1.74 bits per heavy atom. The summed E-state index contributed by atoms with van der Waals surface area (Å²) in [6, 6.07) is 0. The van der Waals surface area contributed by atoms with E-state index in [0.717, 1.165) is 25.9 Å². The fourth-order valence-electron chi connectivity index (χ4n) is 2.01. The van der Waals surface area contributed by atoms with Gasteiger partial charge in [-0.2, -0.15) is 0 Å². The van der Waals surface area contributed by atoms with Gasteiger partial charge in [-0.15, -0.1) is 0 Å². The Balaban J connectivity index is 4.39. The first kappa shape index (κ1) is 18.4. The molecule has 0 bridgehead atoms. The zero-order valence-corrected chi connectivity index (χ0v) is 13.7. The van der Waals surface area contributed by atoms with Crippen LogP contribution in [-0.4, -0.2) is 68.3 Å². The maximum atomic E-state index is 12.2. The molecule has 0 aromatic heterocycles. The summed E-state index contributed by atoms with van der Waals surface area (Å²) in [6.07, 6.45) is 2.12. The van der Waals surface area contributed by atoms with Gasteiger partial charge in [-0.1, -0.05) is 20.8 Å². The quantitative estimate of drug-likeness (QED) is 0.506. The molecule has 0 aliphatic heterocycles. The molecule has 2 unspecified atom stereocenters. The van der Waals surface area contributed by atoms with Gasteiger partial charge in [0.1, 0.15) is 0 Å². The van der Waals surface area contributed by atoms with Gasteiger partial charge >= 0.3 is 0 Å². The van der Waals surface area contributed by atoms with E-state index in [9.17, 15) is 4.79 Å². The summed E-state index contributed by atoms with van der Waals surface area (Å²) < 4.78 is 0. The standard InChI is InChI=1S/C14H32N4O/c1-8-10-18(17(6)7)11-12(3)14(19)15-13(9-2)16(4)5/h12-13H,8-11H2,1-7H3,(H,15,19). The van der Waals surface area contributed by atoms with Crippen LogP contribution in [0.1, 0.15) is 33.6 Å². The molecule has 2 atom stereocenters. The van der Waals surface area contributed by atoms with Gasteiger partial charge in [-0.25, -0.2) is 10.0 Å². The molecular weight excluding hydrogens is 240 g/mol. The van der Waals surface area contributed by atoms with E-state index < -0.39 is 0 Å². The maximum Gasteiger partial charge on any atom is 0.225 e. The van der Waals surface area contributed by atoms with Crippen LogP contribution in [0.2, 0.25) is 0 Å². The zero-order chi connectivity index (χ0) is 15.0. The van der Waals surface area contributed by atoms with Gasteiger partial charge < -0.3 is 5.32 Å². The van der Waals surface area contributed by atoms with Gasteiger partial charge in [-0.05, 0) is 26.9 Å². The summed E-state index contributed by atoms with van der Waals surface area (Å²) in [5.41, 5.74) is 0. The van der Waals surface area contributed by atoms with Crippen LogP contribution in [-0.2, 0) is 4.79 Å².